The van der Waals surface area contributed by atoms with Crippen molar-refractivity contribution in [3.8, 4) is 0 Å². The highest BCUT2D eigenvalue weighted by molar-refractivity contribution is 5.89. The summed E-state index contributed by atoms with van der Waals surface area (Å²) in [6.45, 7) is 4.92. The number of ether oxygens (including phenoxy) is 1. The molecule has 3 rings (SSSR count). The van der Waals surface area contributed by atoms with Crippen molar-refractivity contribution in [3.63, 3.8) is 0 Å². The molecule has 7 heteroatoms. The van der Waals surface area contributed by atoms with Crippen molar-refractivity contribution in [2.45, 2.75) is 44.8 Å². The third-order valence-corrected chi connectivity index (χ3v) is 5.68. The molecule has 0 aromatic heterocycles. The predicted octanol–water partition coefficient (Wildman–Crippen LogP) is 2.58. The fourth-order valence-electron chi connectivity index (χ4n) is 4.26. The van der Waals surface area contributed by atoms with Crippen LogP contribution in [0.25, 0.3) is 0 Å². The number of nitrogens with two attached hydrogens (primary N) is 1. The molecule has 0 spiro atoms. The van der Waals surface area contributed by atoms with Gasteiger partial charge >= 0.3 is 0 Å². The Bertz CT molecular complexity index is 636. The summed E-state index contributed by atoms with van der Waals surface area (Å²) in [5, 5.41) is 2.84. The van der Waals surface area contributed by atoms with E-state index >= 15 is 0 Å². The van der Waals surface area contributed by atoms with Gasteiger partial charge in [0.05, 0.1) is 6.10 Å². The Morgan fingerprint density at radius 1 is 1.32 bits per heavy atom. The zero-order valence-corrected chi connectivity index (χ0v) is 15.3. The number of nitrogens with one attached hydrogen (secondary N) is 1. The normalized spacial score (nSPS) is 29.8. The molecule has 1 saturated carbocycles. The maximum absolute atomic E-state index is 13.2. The summed E-state index contributed by atoms with van der Waals surface area (Å²) in [6, 6.07) is 3.37. The molecule has 3 unspecified atom stereocenters. The van der Waals surface area contributed by atoms with Gasteiger partial charge in [-0.2, -0.15) is 0 Å². The van der Waals surface area contributed by atoms with E-state index in [1.54, 1.807) is 0 Å². The first-order chi connectivity index (χ1) is 11.3. The summed E-state index contributed by atoms with van der Waals surface area (Å²) in [7, 11) is 0. The number of halogens is 3. The first kappa shape index (κ1) is 20.1. The van der Waals surface area contributed by atoms with E-state index in [1.807, 2.05) is 13.8 Å². The van der Waals surface area contributed by atoms with Gasteiger partial charge in [0.25, 0.3) is 0 Å². The standard InChI is InChI=1S/C18H24F2N2O2.ClH/c1-17(2)15-14(4-3-7-24-15)18(17,21)16(23)22-6-5-11-8-12(19)10-13(20)9-11;/h8-10,14-15H,3-7,21H2,1-2H3,(H,22,23);1H. The van der Waals surface area contributed by atoms with Crippen LogP contribution >= 0.6 is 12.4 Å². The van der Waals surface area contributed by atoms with Crippen molar-refractivity contribution in [2.75, 3.05) is 13.2 Å². The molecular formula is C18H25ClF2N2O2. The Morgan fingerprint density at radius 3 is 2.60 bits per heavy atom. The van der Waals surface area contributed by atoms with Crippen molar-refractivity contribution in [2.24, 2.45) is 17.1 Å². The monoisotopic (exact) mass is 374 g/mol. The fourth-order valence-corrected chi connectivity index (χ4v) is 4.26. The number of benzene rings is 1. The lowest BCUT2D eigenvalue weighted by atomic mass is 9.46. The van der Waals surface area contributed by atoms with Gasteiger partial charge in [-0.3, -0.25) is 4.79 Å². The van der Waals surface area contributed by atoms with Crippen LogP contribution in [-0.4, -0.2) is 30.7 Å². The van der Waals surface area contributed by atoms with Crippen LogP contribution in [0.3, 0.4) is 0 Å². The van der Waals surface area contributed by atoms with Crippen LogP contribution in [0.15, 0.2) is 18.2 Å². The zero-order chi connectivity index (χ0) is 17.5. The van der Waals surface area contributed by atoms with E-state index in [0.717, 1.165) is 18.9 Å². The van der Waals surface area contributed by atoms with Crippen molar-refractivity contribution >= 4 is 18.3 Å². The first-order valence-corrected chi connectivity index (χ1v) is 8.40. The number of hydrogen-bond acceptors (Lipinski definition) is 3. The molecular weight excluding hydrogens is 350 g/mol. The number of fused-ring (bicyclic) bond motifs is 1. The van der Waals surface area contributed by atoms with E-state index in [-0.39, 0.29) is 36.9 Å². The Labute approximate surface area is 152 Å². The van der Waals surface area contributed by atoms with E-state index in [1.165, 1.54) is 12.1 Å². The summed E-state index contributed by atoms with van der Waals surface area (Å²) in [4.78, 5) is 12.7. The van der Waals surface area contributed by atoms with E-state index < -0.39 is 22.6 Å². The predicted molar refractivity (Wildman–Crippen MR) is 93.5 cm³/mol. The minimum absolute atomic E-state index is 0. The second-order valence-corrected chi connectivity index (χ2v) is 7.41. The molecule has 1 aliphatic heterocycles. The summed E-state index contributed by atoms with van der Waals surface area (Å²) in [5.41, 5.74) is 5.60. The van der Waals surface area contributed by atoms with E-state index in [9.17, 15) is 13.6 Å². The summed E-state index contributed by atoms with van der Waals surface area (Å²) < 4.78 is 32.2. The molecule has 1 heterocycles. The van der Waals surface area contributed by atoms with Gasteiger partial charge in [0.1, 0.15) is 17.2 Å². The maximum Gasteiger partial charge on any atom is 0.241 e. The highest BCUT2D eigenvalue weighted by Gasteiger charge is 2.70. The summed E-state index contributed by atoms with van der Waals surface area (Å²) >= 11 is 0. The minimum Gasteiger partial charge on any atom is -0.377 e. The van der Waals surface area contributed by atoms with Gasteiger partial charge in [-0.15, -0.1) is 12.4 Å². The van der Waals surface area contributed by atoms with E-state index in [4.69, 9.17) is 10.5 Å². The van der Waals surface area contributed by atoms with Gasteiger partial charge in [0.15, 0.2) is 0 Å². The number of amides is 1. The molecule has 140 valence electrons. The number of carbonyl (C=O) groups excluding carboxylic acids is 1. The highest BCUT2D eigenvalue weighted by atomic mass is 35.5. The second-order valence-electron chi connectivity index (χ2n) is 7.41. The third-order valence-electron chi connectivity index (χ3n) is 5.68. The molecule has 0 bridgehead atoms. The number of carbonyl (C=O) groups is 1. The lowest BCUT2D eigenvalue weighted by Gasteiger charge is -2.65. The molecule has 1 aliphatic carbocycles. The molecule has 2 fully saturated rings. The van der Waals surface area contributed by atoms with Crippen LogP contribution in [0, 0.1) is 23.0 Å². The van der Waals surface area contributed by atoms with Gasteiger partial charge in [0.2, 0.25) is 5.91 Å². The van der Waals surface area contributed by atoms with Crippen molar-refractivity contribution < 1.29 is 18.3 Å². The van der Waals surface area contributed by atoms with Gasteiger partial charge < -0.3 is 15.8 Å². The van der Waals surface area contributed by atoms with Crippen molar-refractivity contribution in [1.29, 1.82) is 0 Å². The van der Waals surface area contributed by atoms with Crippen LogP contribution in [0.5, 0.6) is 0 Å². The summed E-state index contributed by atoms with van der Waals surface area (Å²) in [5.74, 6) is -1.42. The van der Waals surface area contributed by atoms with Gasteiger partial charge in [-0.05, 0) is 37.0 Å². The molecule has 1 amide bonds. The number of hydrogen-bond donors (Lipinski definition) is 2. The van der Waals surface area contributed by atoms with Gasteiger partial charge in [0, 0.05) is 30.6 Å². The molecule has 3 atom stereocenters. The van der Waals surface area contributed by atoms with Gasteiger partial charge in [-0.1, -0.05) is 13.8 Å². The Hall–Kier alpha value is -1.24. The molecule has 25 heavy (non-hydrogen) atoms. The molecule has 3 N–H and O–H groups in total. The Balaban J connectivity index is 0.00000225. The largest absolute Gasteiger partial charge is 0.377 e. The van der Waals surface area contributed by atoms with Crippen LogP contribution in [0.1, 0.15) is 32.3 Å². The number of rotatable bonds is 4. The molecule has 1 aromatic rings. The van der Waals surface area contributed by atoms with Crippen LogP contribution in [0.2, 0.25) is 0 Å². The quantitative estimate of drug-likeness (QED) is 0.851. The average molecular weight is 375 g/mol. The molecule has 1 aromatic carbocycles. The lowest BCUT2D eigenvalue weighted by molar-refractivity contribution is -0.225. The van der Waals surface area contributed by atoms with E-state index in [2.05, 4.69) is 5.32 Å². The summed E-state index contributed by atoms with van der Waals surface area (Å²) in [6.07, 6.45) is 2.15. The average Bonchev–Trinajstić information content (AvgIpc) is 2.53. The van der Waals surface area contributed by atoms with E-state index in [0.29, 0.717) is 18.6 Å². The second kappa shape index (κ2) is 7.17. The van der Waals surface area contributed by atoms with Crippen LogP contribution in [0.4, 0.5) is 8.78 Å². The SMILES string of the molecule is CC1(C)C2OCCCC2C1(N)C(=O)NCCc1cc(F)cc(F)c1.Cl. The third kappa shape index (κ3) is 3.27. The topological polar surface area (TPSA) is 64.3 Å². The zero-order valence-electron chi connectivity index (χ0n) is 14.5. The van der Waals surface area contributed by atoms with Crippen LogP contribution < -0.4 is 11.1 Å². The smallest absolute Gasteiger partial charge is 0.241 e. The van der Waals surface area contributed by atoms with Crippen molar-refractivity contribution in [1.82, 2.24) is 5.32 Å². The molecule has 4 nitrogen and oxygen atoms in total. The minimum atomic E-state index is -0.967. The molecule has 0 radical (unpaired) electrons. The first-order valence-electron chi connectivity index (χ1n) is 8.40. The maximum atomic E-state index is 13.2. The van der Waals surface area contributed by atoms with Crippen LogP contribution in [-0.2, 0) is 16.0 Å². The molecule has 2 aliphatic rings. The highest BCUT2D eigenvalue weighted by Crippen LogP contribution is 2.57. The Kier molecular flexibility index (Phi) is 5.76. The Morgan fingerprint density at radius 2 is 1.96 bits per heavy atom. The lowest BCUT2D eigenvalue weighted by Crippen LogP contribution is -2.82. The van der Waals surface area contributed by atoms with Gasteiger partial charge in [-0.25, -0.2) is 8.78 Å². The van der Waals surface area contributed by atoms with Crippen molar-refractivity contribution in [3.05, 3.63) is 35.4 Å². The fraction of sp³-hybridized carbons (Fsp3) is 0.611. The molecule has 1 saturated heterocycles.